The van der Waals surface area contributed by atoms with Crippen molar-refractivity contribution in [3.05, 3.63) is 47.0 Å². The highest BCUT2D eigenvalue weighted by molar-refractivity contribution is 7.00. The molecule has 158 valence electrons. The molecule has 4 rings (SSSR count). The second kappa shape index (κ2) is 9.73. The van der Waals surface area contributed by atoms with Crippen LogP contribution in [-0.4, -0.2) is 39.8 Å². The smallest absolute Gasteiger partial charge is 0.224 e. The van der Waals surface area contributed by atoms with E-state index >= 15 is 0 Å². The molecule has 1 N–H and O–H groups in total. The Hall–Kier alpha value is -2.22. The molecule has 6 nitrogen and oxygen atoms in total. The molecule has 1 amide bonds. The Labute approximate surface area is 185 Å². The summed E-state index contributed by atoms with van der Waals surface area (Å²) in [7, 11) is 1.58. The fourth-order valence-electron chi connectivity index (χ4n) is 4.04. The Morgan fingerprint density at radius 1 is 1.27 bits per heavy atom. The topological polar surface area (TPSA) is 67.3 Å². The van der Waals surface area contributed by atoms with Gasteiger partial charge in [0.2, 0.25) is 5.91 Å². The average molecular weight is 445 g/mol. The molecule has 2 aromatic carbocycles. The van der Waals surface area contributed by atoms with Crippen LogP contribution in [0.2, 0.25) is 5.02 Å². The van der Waals surface area contributed by atoms with E-state index in [1.807, 2.05) is 6.07 Å². The van der Waals surface area contributed by atoms with Crippen LogP contribution in [0.4, 0.5) is 5.69 Å². The number of piperidine rings is 1. The van der Waals surface area contributed by atoms with E-state index in [4.69, 9.17) is 16.3 Å². The number of fused-ring (bicyclic) bond motifs is 1. The zero-order chi connectivity index (χ0) is 20.9. The van der Waals surface area contributed by atoms with Crippen molar-refractivity contribution in [2.45, 2.75) is 32.2 Å². The molecule has 3 aromatic rings. The molecule has 0 radical (unpaired) electrons. The molecule has 1 saturated heterocycles. The van der Waals surface area contributed by atoms with Gasteiger partial charge in [0.25, 0.3) is 0 Å². The zero-order valence-electron chi connectivity index (χ0n) is 16.9. The fourth-order valence-corrected chi connectivity index (χ4v) is 4.73. The van der Waals surface area contributed by atoms with Crippen molar-refractivity contribution in [3.63, 3.8) is 0 Å². The lowest BCUT2D eigenvalue weighted by atomic mass is 9.93. The van der Waals surface area contributed by atoms with Gasteiger partial charge in [0.15, 0.2) is 0 Å². The van der Waals surface area contributed by atoms with Crippen molar-refractivity contribution in [3.8, 4) is 5.75 Å². The first-order valence-electron chi connectivity index (χ1n) is 10.2. The molecule has 8 heteroatoms. The summed E-state index contributed by atoms with van der Waals surface area (Å²) in [5.74, 6) is 1.13. The van der Waals surface area contributed by atoms with Gasteiger partial charge in [0.05, 0.1) is 24.5 Å². The Kier molecular flexibility index (Phi) is 6.82. The number of carbonyl (C=O) groups excluding carboxylic acids is 1. The van der Waals surface area contributed by atoms with Gasteiger partial charge in [0.1, 0.15) is 16.8 Å². The van der Waals surface area contributed by atoms with Gasteiger partial charge >= 0.3 is 0 Å². The highest BCUT2D eigenvalue weighted by atomic mass is 35.5. The van der Waals surface area contributed by atoms with Crippen molar-refractivity contribution in [1.82, 2.24) is 13.6 Å². The summed E-state index contributed by atoms with van der Waals surface area (Å²) in [5, 5.41) is 3.50. The van der Waals surface area contributed by atoms with Gasteiger partial charge < -0.3 is 10.1 Å². The predicted octanol–water partition coefficient (Wildman–Crippen LogP) is 4.98. The molecule has 2 heterocycles. The number of ether oxygens (including phenoxy) is 1. The molecule has 1 atom stereocenters. The van der Waals surface area contributed by atoms with Crippen LogP contribution in [0.1, 0.15) is 31.2 Å². The first-order valence-corrected chi connectivity index (χ1v) is 11.3. The van der Waals surface area contributed by atoms with Crippen LogP contribution in [0.5, 0.6) is 5.75 Å². The first kappa shape index (κ1) is 21.0. The van der Waals surface area contributed by atoms with Crippen LogP contribution in [0, 0.1) is 5.92 Å². The minimum atomic E-state index is -0.00539. The number of amides is 1. The molecule has 1 aliphatic heterocycles. The monoisotopic (exact) mass is 444 g/mol. The van der Waals surface area contributed by atoms with Crippen molar-refractivity contribution < 1.29 is 9.53 Å². The maximum absolute atomic E-state index is 12.5. The van der Waals surface area contributed by atoms with Gasteiger partial charge in [-0.15, -0.1) is 0 Å². The lowest BCUT2D eigenvalue weighted by Crippen LogP contribution is -2.35. The normalized spacial score (nSPS) is 17.2. The van der Waals surface area contributed by atoms with E-state index in [0.29, 0.717) is 28.8 Å². The number of benzene rings is 2. The Bertz CT molecular complexity index is 1030. The predicted molar refractivity (Wildman–Crippen MR) is 121 cm³/mol. The van der Waals surface area contributed by atoms with E-state index in [0.717, 1.165) is 43.5 Å². The quantitative estimate of drug-likeness (QED) is 0.556. The molecule has 0 spiro atoms. The molecule has 0 unspecified atom stereocenters. The van der Waals surface area contributed by atoms with Gasteiger partial charge in [-0.1, -0.05) is 17.7 Å². The molecule has 0 bridgehead atoms. The number of nitrogens with zero attached hydrogens (tertiary/aromatic N) is 3. The summed E-state index contributed by atoms with van der Waals surface area (Å²) in [6.07, 6.45) is 3.69. The number of halogens is 1. The largest absolute Gasteiger partial charge is 0.495 e. The summed E-state index contributed by atoms with van der Waals surface area (Å²) < 4.78 is 13.9. The van der Waals surface area contributed by atoms with Crippen molar-refractivity contribution in [1.29, 1.82) is 0 Å². The Morgan fingerprint density at radius 2 is 2.13 bits per heavy atom. The molecule has 1 aliphatic rings. The van der Waals surface area contributed by atoms with E-state index in [1.54, 1.807) is 25.3 Å². The minimum absolute atomic E-state index is 0.00539. The molecule has 30 heavy (non-hydrogen) atoms. The third kappa shape index (κ3) is 5.28. The number of aromatic nitrogens is 2. The summed E-state index contributed by atoms with van der Waals surface area (Å²) in [6, 6.07) is 11.5. The first-order chi connectivity index (χ1) is 14.6. The fraction of sp³-hybridized carbons (Fsp3) is 0.409. The average Bonchev–Trinajstić information content (AvgIpc) is 3.21. The van der Waals surface area contributed by atoms with Crippen LogP contribution in [-0.2, 0) is 11.3 Å². The standard InChI is InChI=1S/C22H25ClN4O2S/c1-29-21-8-6-17(23)12-20(21)24-22(28)9-5-15-3-2-10-27(13-15)14-16-4-7-18-19(11-16)26-30-25-18/h4,6-8,11-12,15H,2-3,5,9-10,13-14H2,1H3,(H,24,28)/t15-/m0/s1. The van der Waals surface area contributed by atoms with Crippen molar-refractivity contribution in [2.24, 2.45) is 5.92 Å². The number of methoxy groups -OCH3 is 1. The maximum Gasteiger partial charge on any atom is 0.224 e. The van der Waals surface area contributed by atoms with E-state index in [2.05, 4.69) is 31.1 Å². The summed E-state index contributed by atoms with van der Waals surface area (Å²) >= 11 is 7.30. The number of anilines is 1. The minimum Gasteiger partial charge on any atom is -0.495 e. The van der Waals surface area contributed by atoms with Crippen LogP contribution < -0.4 is 10.1 Å². The maximum atomic E-state index is 12.5. The SMILES string of the molecule is COc1ccc(Cl)cc1NC(=O)CC[C@@H]1CCCN(Cc2ccc3nsnc3c2)C1. The number of rotatable bonds is 7. The Balaban J connectivity index is 1.28. The number of carbonyl (C=O) groups is 1. The van der Waals surface area contributed by atoms with Crippen LogP contribution in [0.15, 0.2) is 36.4 Å². The molecule has 1 aromatic heterocycles. The highest BCUT2D eigenvalue weighted by Gasteiger charge is 2.21. The van der Waals surface area contributed by atoms with E-state index < -0.39 is 0 Å². The van der Waals surface area contributed by atoms with E-state index in [9.17, 15) is 4.79 Å². The zero-order valence-corrected chi connectivity index (χ0v) is 18.5. The third-order valence-electron chi connectivity index (χ3n) is 5.54. The molecular formula is C22H25ClN4O2S. The number of hydrogen-bond acceptors (Lipinski definition) is 6. The van der Waals surface area contributed by atoms with Crippen LogP contribution in [0.25, 0.3) is 11.0 Å². The molecular weight excluding hydrogens is 420 g/mol. The molecule has 0 saturated carbocycles. The molecule has 0 aliphatic carbocycles. The van der Waals surface area contributed by atoms with Gasteiger partial charge in [-0.05, 0) is 67.6 Å². The van der Waals surface area contributed by atoms with Crippen LogP contribution in [0.3, 0.4) is 0 Å². The van der Waals surface area contributed by atoms with Gasteiger partial charge in [-0.2, -0.15) is 8.75 Å². The van der Waals surface area contributed by atoms with E-state index in [1.165, 1.54) is 23.7 Å². The second-order valence-electron chi connectivity index (χ2n) is 7.76. The summed E-state index contributed by atoms with van der Waals surface area (Å²) in [6.45, 7) is 3.02. The summed E-state index contributed by atoms with van der Waals surface area (Å²) in [5.41, 5.74) is 3.82. The van der Waals surface area contributed by atoms with Gasteiger partial charge in [0, 0.05) is 24.5 Å². The number of likely N-dealkylation sites (tertiary alicyclic amines) is 1. The summed E-state index contributed by atoms with van der Waals surface area (Å²) in [4.78, 5) is 15.0. The lowest BCUT2D eigenvalue weighted by molar-refractivity contribution is -0.116. The second-order valence-corrected chi connectivity index (χ2v) is 8.73. The lowest BCUT2D eigenvalue weighted by Gasteiger charge is -2.32. The highest BCUT2D eigenvalue weighted by Crippen LogP contribution is 2.28. The van der Waals surface area contributed by atoms with Crippen LogP contribution >= 0.6 is 23.3 Å². The van der Waals surface area contributed by atoms with E-state index in [-0.39, 0.29) is 5.91 Å². The third-order valence-corrected chi connectivity index (χ3v) is 6.33. The Morgan fingerprint density at radius 3 is 3.00 bits per heavy atom. The number of nitrogens with one attached hydrogen (secondary N) is 1. The van der Waals surface area contributed by atoms with Crippen molar-refractivity contribution >= 4 is 46.0 Å². The molecule has 1 fully saturated rings. The van der Waals surface area contributed by atoms with Gasteiger partial charge in [-0.25, -0.2) is 0 Å². The number of hydrogen-bond donors (Lipinski definition) is 1. The van der Waals surface area contributed by atoms with Gasteiger partial charge in [-0.3, -0.25) is 9.69 Å². The van der Waals surface area contributed by atoms with Crippen molar-refractivity contribution in [2.75, 3.05) is 25.5 Å².